The summed E-state index contributed by atoms with van der Waals surface area (Å²) in [6.07, 6.45) is 7.29. The van der Waals surface area contributed by atoms with Crippen LogP contribution in [-0.4, -0.2) is 8.42 Å². The molecular formula is C11H14O2S. The molecule has 0 unspecified atom stereocenters. The second-order valence-electron chi connectivity index (χ2n) is 2.58. The normalized spacial score (nSPS) is 12.8. The van der Waals surface area contributed by atoms with Gasteiger partial charge in [-0.15, -0.1) is 0 Å². The van der Waals surface area contributed by atoms with E-state index >= 15 is 0 Å². The molecule has 0 aliphatic rings. The van der Waals surface area contributed by atoms with Gasteiger partial charge in [0.2, 0.25) is 9.84 Å². The molecule has 0 rings (SSSR count). The van der Waals surface area contributed by atoms with Crippen LogP contribution < -0.4 is 0 Å². The molecule has 0 atom stereocenters. The summed E-state index contributed by atoms with van der Waals surface area (Å²) in [6.45, 7) is 11.8. The van der Waals surface area contributed by atoms with E-state index in [1.54, 1.807) is 0 Å². The molecule has 76 valence electrons. The second kappa shape index (κ2) is 5.40. The lowest BCUT2D eigenvalue weighted by atomic mass is 10.5. The largest absolute Gasteiger partial charge is 0.219 e. The first-order valence-corrected chi connectivity index (χ1v) is 5.47. The smallest absolute Gasteiger partial charge is 0.201 e. The molecule has 0 aliphatic carbocycles. The molecule has 0 fully saturated rings. The molecule has 0 amide bonds. The first-order valence-electron chi connectivity index (χ1n) is 3.99. The molecule has 0 saturated heterocycles. The Bertz CT molecular complexity index is 395. The van der Waals surface area contributed by atoms with Crippen LogP contribution in [0, 0.1) is 0 Å². The van der Waals surface area contributed by atoms with Crippen LogP contribution in [0.5, 0.6) is 0 Å². The Kier molecular flexibility index (Phi) is 4.87. The van der Waals surface area contributed by atoms with Crippen LogP contribution in [0.1, 0.15) is 6.92 Å². The molecule has 3 heteroatoms. The maximum atomic E-state index is 11.6. The van der Waals surface area contributed by atoms with Gasteiger partial charge in [0.15, 0.2) is 0 Å². The second-order valence-corrected chi connectivity index (χ2v) is 4.75. The van der Waals surface area contributed by atoms with E-state index in [1.807, 2.05) is 0 Å². The molecular weight excluding hydrogens is 196 g/mol. The number of hydrogen-bond donors (Lipinski definition) is 0. The molecule has 14 heavy (non-hydrogen) atoms. The van der Waals surface area contributed by atoms with Crippen molar-refractivity contribution < 1.29 is 8.42 Å². The Hall–Kier alpha value is -1.35. The topological polar surface area (TPSA) is 34.1 Å². The summed E-state index contributed by atoms with van der Waals surface area (Å²) in [6, 6.07) is 0. The highest BCUT2D eigenvalue weighted by Crippen LogP contribution is 2.16. The van der Waals surface area contributed by atoms with Crippen molar-refractivity contribution in [3.8, 4) is 0 Å². The van der Waals surface area contributed by atoms with Gasteiger partial charge in [0.05, 0.1) is 4.91 Å². The SMILES string of the molecule is C=C/C=C\C(=C)S(=O)(=O)/C(C)=C/C=C. The third kappa shape index (κ3) is 3.18. The van der Waals surface area contributed by atoms with Crippen LogP contribution >= 0.6 is 0 Å². The first kappa shape index (κ1) is 12.7. The van der Waals surface area contributed by atoms with Gasteiger partial charge >= 0.3 is 0 Å². The van der Waals surface area contributed by atoms with E-state index in [0.29, 0.717) is 0 Å². The van der Waals surface area contributed by atoms with Crippen LogP contribution in [0.2, 0.25) is 0 Å². The van der Waals surface area contributed by atoms with E-state index in [2.05, 4.69) is 19.7 Å². The number of allylic oxidation sites excluding steroid dienone is 6. The van der Waals surface area contributed by atoms with E-state index in [4.69, 9.17) is 0 Å². The monoisotopic (exact) mass is 210 g/mol. The van der Waals surface area contributed by atoms with E-state index < -0.39 is 9.84 Å². The fraction of sp³-hybridized carbons (Fsp3) is 0.0909. The number of rotatable bonds is 5. The highest BCUT2D eigenvalue weighted by Gasteiger charge is 2.14. The van der Waals surface area contributed by atoms with Crippen molar-refractivity contribution >= 4 is 9.84 Å². The van der Waals surface area contributed by atoms with Gasteiger partial charge in [0, 0.05) is 4.91 Å². The molecule has 0 aromatic heterocycles. The average molecular weight is 210 g/mol. The van der Waals surface area contributed by atoms with Gasteiger partial charge < -0.3 is 0 Å². The molecule has 2 nitrogen and oxygen atoms in total. The minimum absolute atomic E-state index is 0.0491. The van der Waals surface area contributed by atoms with E-state index in [9.17, 15) is 8.42 Å². The Morgan fingerprint density at radius 1 is 1.21 bits per heavy atom. The van der Waals surface area contributed by atoms with Crippen molar-refractivity contribution in [1.29, 1.82) is 0 Å². The number of sulfone groups is 1. The van der Waals surface area contributed by atoms with Crippen molar-refractivity contribution in [3.63, 3.8) is 0 Å². The first-order chi connectivity index (χ1) is 6.46. The van der Waals surface area contributed by atoms with Crippen molar-refractivity contribution in [2.24, 2.45) is 0 Å². The Morgan fingerprint density at radius 2 is 1.79 bits per heavy atom. The van der Waals surface area contributed by atoms with Crippen LogP contribution in [0.15, 0.2) is 59.9 Å². The van der Waals surface area contributed by atoms with Crippen molar-refractivity contribution in [1.82, 2.24) is 0 Å². The third-order valence-electron chi connectivity index (χ3n) is 1.54. The summed E-state index contributed by atoms with van der Waals surface area (Å²) in [7, 11) is -3.41. The zero-order chi connectivity index (χ0) is 11.2. The Labute approximate surface area is 85.6 Å². The van der Waals surface area contributed by atoms with Crippen LogP contribution in [0.3, 0.4) is 0 Å². The van der Waals surface area contributed by atoms with Gasteiger partial charge in [0.25, 0.3) is 0 Å². The lowest BCUT2D eigenvalue weighted by Gasteiger charge is -2.02. The lowest BCUT2D eigenvalue weighted by molar-refractivity contribution is 0.608. The molecule has 0 aromatic rings. The summed E-state index contributed by atoms with van der Waals surface area (Å²) in [5.74, 6) is 0. The predicted molar refractivity (Wildman–Crippen MR) is 61.4 cm³/mol. The molecule has 0 radical (unpaired) electrons. The molecule has 0 spiro atoms. The van der Waals surface area contributed by atoms with Gasteiger partial charge in [-0.05, 0) is 19.1 Å². The Morgan fingerprint density at radius 3 is 2.21 bits per heavy atom. The minimum Gasteiger partial charge on any atom is -0.219 e. The molecule has 0 N–H and O–H groups in total. The quantitative estimate of drug-likeness (QED) is 0.654. The third-order valence-corrected chi connectivity index (χ3v) is 3.35. The van der Waals surface area contributed by atoms with Gasteiger partial charge in [-0.1, -0.05) is 38.0 Å². The zero-order valence-corrected chi connectivity index (χ0v) is 9.05. The number of hydrogen-bond acceptors (Lipinski definition) is 2. The molecule has 0 aromatic carbocycles. The van der Waals surface area contributed by atoms with Crippen LogP contribution in [0.4, 0.5) is 0 Å². The van der Waals surface area contributed by atoms with Crippen molar-refractivity contribution in [3.05, 3.63) is 59.9 Å². The fourth-order valence-electron chi connectivity index (χ4n) is 0.727. The predicted octanol–water partition coefficient (Wildman–Crippen LogP) is 2.75. The summed E-state index contributed by atoms with van der Waals surface area (Å²) in [5, 5.41) is 0. The van der Waals surface area contributed by atoms with Gasteiger partial charge in [-0.2, -0.15) is 0 Å². The van der Waals surface area contributed by atoms with E-state index in [0.717, 1.165) is 0 Å². The van der Waals surface area contributed by atoms with Crippen molar-refractivity contribution in [2.75, 3.05) is 0 Å². The summed E-state index contributed by atoms with van der Waals surface area (Å²) in [4.78, 5) is 0.277. The van der Waals surface area contributed by atoms with E-state index in [1.165, 1.54) is 37.3 Å². The fourth-order valence-corrected chi connectivity index (χ4v) is 1.67. The molecule has 0 heterocycles. The highest BCUT2D eigenvalue weighted by molar-refractivity contribution is 7.99. The minimum atomic E-state index is -3.41. The van der Waals surface area contributed by atoms with Gasteiger partial charge in [-0.25, -0.2) is 8.42 Å². The molecule has 0 saturated carbocycles. The summed E-state index contributed by atoms with van der Waals surface area (Å²) < 4.78 is 23.3. The summed E-state index contributed by atoms with van der Waals surface area (Å²) in [5.41, 5.74) is 0. The van der Waals surface area contributed by atoms with Crippen LogP contribution in [0.25, 0.3) is 0 Å². The lowest BCUT2D eigenvalue weighted by Crippen LogP contribution is -2.02. The standard InChI is InChI=1S/C11H14O2S/c1-5-7-9-11(4)14(12,13)10(3)8-6-2/h5-9H,1-2,4H2,3H3/b9-7-,10-8+. The molecule has 0 aliphatic heterocycles. The highest BCUT2D eigenvalue weighted by atomic mass is 32.2. The van der Waals surface area contributed by atoms with Crippen molar-refractivity contribution in [2.45, 2.75) is 6.92 Å². The maximum Gasteiger partial charge on any atom is 0.201 e. The summed E-state index contributed by atoms with van der Waals surface area (Å²) >= 11 is 0. The average Bonchev–Trinajstić information content (AvgIpc) is 2.14. The van der Waals surface area contributed by atoms with Gasteiger partial charge in [0.1, 0.15) is 0 Å². The molecule has 0 bridgehead atoms. The Balaban J connectivity index is 5.08. The van der Waals surface area contributed by atoms with Crippen LogP contribution in [-0.2, 0) is 9.84 Å². The van der Waals surface area contributed by atoms with E-state index in [-0.39, 0.29) is 9.81 Å². The van der Waals surface area contributed by atoms with Gasteiger partial charge in [-0.3, -0.25) is 0 Å². The maximum absolute atomic E-state index is 11.6. The zero-order valence-electron chi connectivity index (χ0n) is 8.23.